The van der Waals surface area contributed by atoms with Gasteiger partial charge in [0.1, 0.15) is 5.75 Å². The molecule has 2 aromatic carbocycles. The third-order valence-corrected chi connectivity index (χ3v) is 4.61. The smallest absolute Gasteiger partial charge is 0.416 e. The average molecular weight is 441 g/mol. The summed E-state index contributed by atoms with van der Waals surface area (Å²) in [7, 11) is 1.38. The molecule has 10 heteroatoms. The lowest BCUT2D eigenvalue weighted by molar-refractivity contribution is -0.138. The highest BCUT2D eigenvalue weighted by atomic mass is 35.5. The van der Waals surface area contributed by atoms with Crippen molar-refractivity contribution in [2.24, 2.45) is 0 Å². The number of halogens is 4. The fourth-order valence-corrected chi connectivity index (χ4v) is 3.22. The van der Waals surface area contributed by atoms with Crippen LogP contribution < -0.4 is 4.74 Å². The number of carboxylic acids is 1. The third kappa shape index (κ3) is 4.73. The number of rotatable bonds is 6. The van der Waals surface area contributed by atoms with Crippen LogP contribution in [-0.4, -0.2) is 28.4 Å². The van der Waals surface area contributed by atoms with Crippen LogP contribution in [0.15, 0.2) is 40.8 Å². The number of nitrogens with zero attached hydrogens (tertiary/aromatic N) is 2. The summed E-state index contributed by atoms with van der Waals surface area (Å²) in [5.41, 5.74) is -0.407. The molecule has 0 fully saturated rings. The summed E-state index contributed by atoms with van der Waals surface area (Å²) in [6, 6.07) is 7.84. The molecule has 0 saturated heterocycles. The fraction of sp³-hybridized carbons (Fsp3) is 0.250. The van der Waals surface area contributed by atoms with Crippen LogP contribution in [0.4, 0.5) is 13.2 Å². The first-order valence-corrected chi connectivity index (χ1v) is 9.04. The highest BCUT2D eigenvalue weighted by molar-refractivity contribution is 6.31. The molecule has 30 heavy (non-hydrogen) atoms. The average Bonchev–Trinajstić information content (AvgIpc) is 3.11. The molecule has 6 nitrogen and oxygen atoms in total. The van der Waals surface area contributed by atoms with Crippen molar-refractivity contribution in [3.8, 4) is 16.9 Å². The van der Waals surface area contributed by atoms with E-state index in [4.69, 9.17) is 20.8 Å². The van der Waals surface area contributed by atoms with Gasteiger partial charge in [-0.2, -0.15) is 13.2 Å². The quantitative estimate of drug-likeness (QED) is 0.557. The molecule has 1 heterocycles. The van der Waals surface area contributed by atoms with E-state index in [0.717, 1.165) is 12.1 Å². The molecule has 0 aliphatic heterocycles. The second kappa shape index (κ2) is 8.35. The molecule has 1 atom stereocenters. The Morgan fingerprint density at radius 3 is 2.53 bits per heavy atom. The van der Waals surface area contributed by atoms with Crippen molar-refractivity contribution in [3.05, 3.63) is 64.3 Å². The van der Waals surface area contributed by atoms with Crippen LogP contribution in [0.3, 0.4) is 0 Å². The lowest BCUT2D eigenvalue weighted by atomic mass is 9.90. The zero-order valence-corrected chi connectivity index (χ0v) is 16.6. The Labute approximate surface area is 174 Å². The van der Waals surface area contributed by atoms with Crippen molar-refractivity contribution in [3.63, 3.8) is 0 Å². The van der Waals surface area contributed by atoms with E-state index in [1.165, 1.54) is 32.2 Å². The SMILES string of the molecule is COc1ccc(Cl)cc1-c1cc(C(CC(=O)O)c2nnc(C)o2)cc(C(F)(F)F)c1. The molecule has 1 unspecified atom stereocenters. The molecule has 0 spiro atoms. The van der Waals surface area contributed by atoms with Gasteiger partial charge in [0.25, 0.3) is 0 Å². The number of aliphatic carboxylic acids is 1. The van der Waals surface area contributed by atoms with Gasteiger partial charge in [-0.1, -0.05) is 17.7 Å². The second-order valence-electron chi connectivity index (χ2n) is 6.50. The molecule has 0 radical (unpaired) electrons. The van der Waals surface area contributed by atoms with Crippen LogP contribution in [0.25, 0.3) is 11.1 Å². The number of hydrogen-bond acceptors (Lipinski definition) is 5. The summed E-state index contributed by atoms with van der Waals surface area (Å²) in [4.78, 5) is 11.4. The first-order chi connectivity index (χ1) is 14.1. The van der Waals surface area contributed by atoms with E-state index in [1.807, 2.05) is 0 Å². The van der Waals surface area contributed by atoms with Crippen molar-refractivity contribution >= 4 is 17.6 Å². The highest BCUT2D eigenvalue weighted by Crippen LogP contribution is 2.40. The number of aromatic nitrogens is 2. The Morgan fingerprint density at radius 1 is 1.23 bits per heavy atom. The largest absolute Gasteiger partial charge is 0.496 e. The number of carboxylic acid groups (broad SMARTS) is 1. The van der Waals surface area contributed by atoms with Gasteiger partial charge in [0, 0.05) is 17.5 Å². The minimum atomic E-state index is -4.67. The normalized spacial score (nSPS) is 12.6. The van der Waals surface area contributed by atoms with Crippen LogP contribution in [-0.2, 0) is 11.0 Å². The van der Waals surface area contributed by atoms with Crippen molar-refractivity contribution in [2.75, 3.05) is 7.11 Å². The minimum Gasteiger partial charge on any atom is -0.496 e. The van der Waals surface area contributed by atoms with Crippen LogP contribution in [0.5, 0.6) is 5.75 Å². The Hall–Kier alpha value is -3.07. The molecular weight excluding hydrogens is 425 g/mol. The molecule has 0 aliphatic carbocycles. The van der Waals surface area contributed by atoms with Crippen LogP contribution in [0, 0.1) is 6.92 Å². The zero-order valence-electron chi connectivity index (χ0n) is 15.8. The predicted molar refractivity (Wildman–Crippen MR) is 102 cm³/mol. The number of carbonyl (C=O) groups is 1. The van der Waals surface area contributed by atoms with E-state index < -0.39 is 30.0 Å². The Morgan fingerprint density at radius 2 is 1.97 bits per heavy atom. The van der Waals surface area contributed by atoms with Crippen molar-refractivity contribution in [1.29, 1.82) is 0 Å². The molecule has 1 aromatic heterocycles. The van der Waals surface area contributed by atoms with E-state index in [9.17, 15) is 23.1 Å². The molecule has 3 aromatic rings. The van der Waals surface area contributed by atoms with Gasteiger partial charge in [0.05, 0.1) is 25.0 Å². The van der Waals surface area contributed by atoms with Crippen LogP contribution >= 0.6 is 11.6 Å². The fourth-order valence-electron chi connectivity index (χ4n) is 3.05. The van der Waals surface area contributed by atoms with Crippen molar-refractivity contribution in [2.45, 2.75) is 25.4 Å². The van der Waals surface area contributed by atoms with Gasteiger partial charge in [-0.05, 0) is 41.5 Å². The summed E-state index contributed by atoms with van der Waals surface area (Å²) in [6.07, 6.45) is -5.20. The molecule has 0 amide bonds. The maximum absolute atomic E-state index is 13.6. The number of hydrogen-bond donors (Lipinski definition) is 1. The second-order valence-corrected chi connectivity index (χ2v) is 6.93. The lowest BCUT2D eigenvalue weighted by Crippen LogP contribution is -2.12. The predicted octanol–water partition coefficient (Wildman–Crippen LogP) is 5.33. The molecular formula is C20H16ClF3N2O4. The summed E-state index contributed by atoms with van der Waals surface area (Å²) in [5, 5.41) is 17.1. The molecule has 0 bridgehead atoms. The van der Waals surface area contributed by atoms with E-state index in [0.29, 0.717) is 16.3 Å². The maximum atomic E-state index is 13.6. The van der Waals surface area contributed by atoms with Gasteiger partial charge < -0.3 is 14.3 Å². The number of ether oxygens (including phenoxy) is 1. The summed E-state index contributed by atoms with van der Waals surface area (Å²) < 4.78 is 51.5. The van der Waals surface area contributed by atoms with E-state index >= 15 is 0 Å². The van der Waals surface area contributed by atoms with Gasteiger partial charge in [0.2, 0.25) is 11.8 Å². The molecule has 0 aliphatic rings. The Kier molecular flexibility index (Phi) is 6.02. The van der Waals surface area contributed by atoms with Gasteiger partial charge in [-0.25, -0.2) is 0 Å². The number of benzene rings is 2. The number of alkyl halides is 3. The highest BCUT2D eigenvalue weighted by Gasteiger charge is 2.33. The van der Waals surface area contributed by atoms with Gasteiger partial charge in [0.15, 0.2) is 0 Å². The zero-order chi connectivity index (χ0) is 22.1. The van der Waals surface area contributed by atoms with Crippen LogP contribution in [0.1, 0.15) is 35.2 Å². The maximum Gasteiger partial charge on any atom is 0.416 e. The van der Waals surface area contributed by atoms with Crippen LogP contribution in [0.2, 0.25) is 5.02 Å². The number of aryl methyl sites for hydroxylation is 1. The summed E-state index contributed by atoms with van der Waals surface area (Å²) in [5.74, 6) is -1.90. The lowest BCUT2D eigenvalue weighted by Gasteiger charge is -2.18. The first kappa shape index (κ1) is 21.6. The number of methoxy groups -OCH3 is 1. The first-order valence-electron chi connectivity index (χ1n) is 8.66. The summed E-state index contributed by atoms with van der Waals surface area (Å²) in [6.45, 7) is 1.50. The standard InChI is InChI=1S/C20H16ClF3N2O4/c1-10-25-26-19(30-10)16(9-18(27)28)12-5-11(6-13(7-12)20(22,23)24)15-8-14(21)3-4-17(15)29-2/h3-8,16H,9H2,1-2H3,(H,27,28). The molecule has 158 valence electrons. The van der Waals surface area contributed by atoms with E-state index in [2.05, 4.69) is 10.2 Å². The molecule has 0 saturated carbocycles. The van der Waals surface area contributed by atoms with Gasteiger partial charge in [-0.3, -0.25) is 4.79 Å². The third-order valence-electron chi connectivity index (χ3n) is 4.38. The monoisotopic (exact) mass is 440 g/mol. The molecule has 3 rings (SSSR count). The minimum absolute atomic E-state index is 0.0629. The Balaban J connectivity index is 2.25. The van der Waals surface area contributed by atoms with E-state index in [1.54, 1.807) is 6.07 Å². The summed E-state index contributed by atoms with van der Waals surface area (Å²) >= 11 is 6.03. The van der Waals surface area contributed by atoms with E-state index in [-0.39, 0.29) is 22.9 Å². The molecule has 1 N–H and O–H groups in total. The van der Waals surface area contributed by atoms with Gasteiger partial charge in [-0.15, -0.1) is 10.2 Å². The van der Waals surface area contributed by atoms with Crippen molar-refractivity contribution < 1.29 is 32.2 Å². The topological polar surface area (TPSA) is 85.5 Å². The van der Waals surface area contributed by atoms with Gasteiger partial charge >= 0.3 is 12.1 Å². The van der Waals surface area contributed by atoms with Crippen molar-refractivity contribution in [1.82, 2.24) is 10.2 Å². The Bertz CT molecular complexity index is 1080.